The molecule has 0 N–H and O–H groups in total. The van der Waals surface area contributed by atoms with Gasteiger partial charge in [0, 0.05) is 38.3 Å². The summed E-state index contributed by atoms with van der Waals surface area (Å²) >= 11 is 0. The van der Waals surface area contributed by atoms with Crippen LogP contribution in [0.1, 0.15) is 25.0 Å². The molecule has 9 aromatic carbocycles. The Bertz CT molecular complexity index is 3480. The minimum atomic E-state index is -0.162. The van der Waals surface area contributed by atoms with Gasteiger partial charge in [-0.2, -0.15) is 0 Å². The molecule has 0 fully saturated rings. The highest BCUT2D eigenvalue weighted by Gasteiger charge is 2.37. The molecule has 0 unspecified atom stereocenters. The van der Waals surface area contributed by atoms with Gasteiger partial charge in [0.15, 0.2) is 5.82 Å². The average molecular weight is 741 g/mol. The molecule has 3 heteroatoms. The molecular formula is C55H36N2O. The van der Waals surface area contributed by atoms with Gasteiger partial charge < -0.3 is 4.42 Å². The lowest BCUT2D eigenvalue weighted by atomic mass is 9.81. The Morgan fingerprint density at radius 1 is 0.414 bits per heavy atom. The zero-order chi connectivity index (χ0) is 38.5. The highest BCUT2D eigenvalue weighted by Crippen LogP contribution is 2.53. The van der Waals surface area contributed by atoms with Crippen molar-refractivity contribution in [2.75, 3.05) is 0 Å². The van der Waals surface area contributed by atoms with Gasteiger partial charge >= 0.3 is 0 Å². The largest absolute Gasteiger partial charge is 0.455 e. The molecule has 0 radical (unpaired) electrons. The number of aromatic nitrogens is 2. The van der Waals surface area contributed by atoms with Crippen LogP contribution in [0, 0.1) is 0 Å². The predicted octanol–water partition coefficient (Wildman–Crippen LogP) is 14.8. The molecule has 0 atom stereocenters. The van der Waals surface area contributed by atoms with E-state index in [1.54, 1.807) is 0 Å². The van der Waals surface area contributed by atoms with Crippen LogP contribution in [0.2, 0.25) is 0 Å². The van der Waals surface area contributed by atoms with Gasteiger partial charge in [-0.1, -0.05) is 166 Å². The number of benzene rings is 9. The maximum absolute atomic E-state index is 6.61. The van der Waals surface area contributed by atoms with E-state index in [-0.39, 0.29) is 5.41 Å². The second-order valence-corrected chi connectivity index (χ2v) is 16.1. The smallest absolute Gasteiger partial charge is 0.160 e. The third-order valence-corrected chi connectivity index (χ3v) is 12.5. The average Bonchev–Trinajstić information content (AvgIpc) is 3.77. The predicted molar refractivity (Wildman–Crippen MR) is 241 cm³/mol. The van der Waals surface area contributed by atoms with E-state index in [0.717, 1.165) is 77.3 Å². The van der Waals surface area contributed by atoms with E-state index >= 15 is 0 Å². The summed E-state index contributed by atoms with van der Waals surface area (Å²) in [5.41, 5.74) is 14.1. The first kappa shape index (κ1) is 32.8. The fourth-order valence-corrected chi connectivity index (χ4v) is 9.66. The van der Waals surface area contributed by atoms with E-state index in [4.69, 9.17) is 14.4 Å². The molecule has 0 saturated carbocycles. The first-order chi connectivity index (χ1) is 28.5. The number of furan rings is 1. The summed E-state index contributed by atoms with van der Waals surface area (Å²) in [5.74, 6) is 0.705. The SMILES string of the molecule is CC1(C)c2cc3ccccc3cc2-c2c(-c3cc(-c4ccc(-c5cccc6oc7c8ccccc8ccc7c56)c5ccccc45)nc(-c4ccccc4)n3)cccc21. The highest BCUT2D eigenvalue weighted by molar-refractivity contribution is 6.21. The molecule has 0 saturated heterocycles. The first-order valence-electron chi connectivity index (χ1n) is 20.0. The van der Waals surface area contributed by atoms with Crippen LogP contribution in [-0.2, 0) is 5.41 Å². The van der Waals surface area contributed by atoms with Gasteiger partial charge in [0.05, 0.1) is 11.4 Å². The standard InChI is InChI=1S/C55H36N2O/c1-55(2)46-24-12-23-43(51(46)45-30-35-17-6-7-18-36(35)31-47(45)55)49-32-48(56-54(57-49)34-15-4-3-5-16-34)41-29-28-40(38-20-10-11-21-39(38)41)42-22-13-25-50-52(42)44-27-26-33-14-8-9-19-37(33)53(44)58-50/h3-32H,1-2H3. The summed E-state index contributed by atoms with van der Waals surface area (Å²) in [6, 6.07) is 65.2. The van der Waals surface area contributed by atoms with Gasteiger partial charge in [-0.15, -0.1) is 0 Å². The van der Waals surface area contributed by atoms with Crippen molar-refractivity contribution in [3.8, 4) is 56.2 Å². The fraction of sp³-hybridized carbons (Fsp3) is 0.0545. The van der Waals surface area contributed by atoms with Crippen molar-refractivity contribution in [3.63, 3.8) is 0 Å². The van der Waals surface area contributed by atoms with Crippen molar-refractivity contribution in [2.45, 2.75) is 19.3 Å². The Kier molecular flexibility index (Phi) is 6.98. The Balaban J connectivity index is 1.08. The summed E-state index contributed by atoms with van der Waals surface area (Å²) in [6.07, 6.45) is 0. The minimum Gasteiger partial charge on any atom is -0.455 e. The summed E-state index contributed by atoms with van der Waals surface area (Å²) in [4.78, 5) is 10.7. The number of hydrogen-bond donors (Lipinski definition) is 0. The summed E-state index contributed by atoms with van der Waals surface area (Å²) in [7, 11) is 0. The van der Waals surface area contributed by atoms with Crippen LogP contribution in [0.15, 0.2) is 186 Å². The topological polar surface area (TPSA) is 38.9 Å². The molecule has 11 aromatic rings. The van der Waals surface area contributed by atoms with Crippen molar-refractivity contribution in [2.24, 2.45) is 0 Å². The van der Waals surface area contributed by atoms with Gasteiger partial charge in [0.25, 0.3) is 0 Å². The van der Waals surface area contributed by atoms with Gasteiger partial charge in [-0.25, -0.2) is 9.97 Å². The molecule has 12 rings (SSSR count). The maximum Gasteiger partial charge on any atom is 0.160 e. The van der Waals surface area contributed by atoms with Gasteiger partial charge in [-0.3, -0.25) is 0 Å². The Morgan fingerprint density at radius 3 is 1.86 bits per heavy atom. The molecular weight excluding hydrogens is 705 g/mol. The van der Waals surface area contributed by atoms with Crippen LogP contribution in [0.25, 0.3) is 110 Å². The molecule has 0 aliphatic heterocycles. The van der Waals surface area contributed by atoms with E-state index in [1.165, 1.54) is 38.4 Å². The van der Waals surface area contributed by atoms with Crippen molar-refractivity contribution < 1.29 is 4.42 Å². The molecule has 272 valence electrons. The fourth-order valence-electron chi connectivity index (χ4n) is 9.66. The minimum absolute atomic E-state index is 0.162. The third-order valence-electron chi connectivity index (χ3n) is 12.5. The lowest BCUT2D eigenvalue weighted by Crippen LogP contribution is -2.14. The third kappa shape index (κ3) is 4.80. The molecule has 0 spiro atoms. The van der Waals surface area contributed by atoms with Crippen LogP contribution in [-0.4, -0.2) is 9.97 Å². The van der Waals surface area contributed by atoms with Gasteiger partial charge in [0.2, 0.25) is 0 Å². The van der Waals surface area contributed by atoms with Crippen LogP contribution < -0.4 is 0 Å². The highest BCUT2D eigenvalue weighted by atomic mass is 16.3. The van der Waals surface area contributed by atoms with Crippen molar-refractivity contribution in [3.05, 3.63) is 193 Å². The monoisotopic (exact) mass is 740 g/mol. The molecule has 58 heavy (non-hydrogen) atoms. The van der Waals surface area contributed by atoms with E-state index in [1.807, 2.05) is 6.07 Å². The van der Waals surface area contributed by atoms with E-state index in [2.05, 4.69) is 190 Å². The quantitative estimate of drug-likeness (QED) is 0.180. The molecule has 2 aromatic heterocycles. The van der Waals surface area contributed by atoms with Gasteiger partial charge in [-0.05, 0) is 90.6 Å². The number of fused-ring (bicyclic) bond motifs is 10. The zero-order valence-corrected chi connectivity index (χ0v) is 32.1. The lowest BCUT2D eigenvalue weighted by molar-refractivity contribution is 0.661. The summed E-state index contributed by atoms with van der Waals surface area (Å²) in [6.45, 7) is 4.69. The van der Waals surface area contributed by atoms with Crippen molar-refractivity contribution >= 4 is 54.3 Å². The van der Waals surface area contributed by atoms with Gasteiger partial charge in [0.1, 0.15) is 11.2 Å². The second-order valence-electron chi connectivity index (χ2n) is 16.1. The molecule has 2 heterocycles. The molecule has 1 aliphatic carbocycles. The zero-order valence-electron chi connectivity index (χ0n) is 32.1. The van der Waals surface area contributed by atoms with Crippen LogP contribution in [0.5, 0.6) is 0 Å². The van der Waals surface area contributed by atoms with Crippen LogP contribution in [0.3, 0.4) is 0 Å². The van der Waals surface area contributed by atoms with Crippen molar-refractivity contribution in [1.82, 2.24) is 9.97 Å². The summed E-state index contributed by atoms with van der Waals surface area (Å²) < 4.78 is 6.61. The van der Waals surface area contributed by atoms with E-state index < -0.39 is 0 Å². The molecule has 1 aliphatic rings. The number of nitrogens with zero attached hydrogens (tertiary/aromatic N) is 2. The molecule has 3 nitrogen and oxygen atoms in total. The summed E-state index contributed by atoms with van der Waals surface area (Å²) in [5, 5.41) is 9.35. The van der Waals surface area contributed by atoms with Crippen LogP contribution >= 0.6 is 0 Å². The Hall–Kier alpha value is -7.36. The lowest BCUT2D eigenvalue weighted by Gasteiger charge is -2.22. The molecule has 0 amide bonds. The van der Waals surface area contributed by atoms with Crippen LogP contribution in [0.4, 0.5) is 0 Å². The van der Waals surface area contributed by atoms with Crippen molar-refractivity contribution in [1.29, 1.82) is 0 Å². The normalized spacial score (nSPS) is 13.1. The first-order valence-corrected chi connectivity index (χ1v) is 20.0. The Labute approximate surface area is 335 Å². The maximum atomic E-state index is 6.61. The number of rotatable bonds is 4. The molecule has 0 bridgehead atoms. The van der Waals surface area contributed by atoms with E-state index in [9.17, 15) is 0 Å². The number of hydrogen-bond acceptors (Lipinski definition) is 3. The Morgan fingerprint density at radius 2 is 1.05 bits per heavy atom. The second kappa shape index (κ2) is 12.3. The van der Waals surface area contributed by atoms with E-state index in [0.29, 0.717) is 5.82 Å².